The number of carbonyl (C=O) groups is 1. The van der Waals surface area contributed by atoms with Crippen LogP contribution in [-0.4, -0.2) is 46.3 Å². The summed E-state index contributed by atoms with van der Waals surface area (Å²) in [7, 11) is 0. The van der Waals surface area contributed by atoms with Crippen LogP contribution in [0.4, 0.5) is 0 Å². The average Bonchev–Trinajstić information content (AvgIpc) is 2.95. The van der Waals surface area contributed by atoms with E-state index in [2.05, 4.69) is 5.32 Å². The van der Waals surface area contributed by atoms with Gasteiger partial charge in [0.25, 0.3) is 5.91 Å². The Kier molecular flexibility index (Phi) is 2.81. The molecule has 1 fully saturated rings. The first-order valence-corrected chi connectivity index (χ1v) is 6.13. The molecule has 96 valence electrons. The van der Waals surface area contributed by atoms with Gasteiger partial charge in [-0.15, -0.1) is 0 Å². The van der Waals surface area contributed by atoms with Crippen molar-refractivity contribution in [3.8, 4) is 0 Å². The summed E-state index contributed by atoms with van der Waals surface area (Å²) in [4.78, 5) is 13.7. The maximum atomic E-state index is 12.2. The zero-order chi connectivity index (χ0) is 12.7. The number of aliphatic hydroxyl groups is 2. The summed E-state index contributed by atoms with van der Waals surface area (Å²) >= 11 is 0. The largest absolute Gasteiger partial charge is 0.388 e. The van der Waals surface area contributed by atoms with Gasteiger partial charge in [-0.1, -0.05) is 6.07 Å². The number of rotatable bonds is 1. The molecule has 2 atom stereocenters. The minimum atomic E-state index is -0.829. The fraction of sp³-hybridized carbons (Fsp3) is 0.462. The maximum Gasteiger partial charge on any atom is 0.254 e. The van der Waals surface area contributed by atoms with E-state index in [9.17, 15) is 15.0 Å². The summed E-state index contributed by atoms with van der Waals surface area (Å²) in [6, 6.07) is 5.67. The molecule has 0 aromatic heterocycles. The normalized spacial score (nSPS) is 26.4. The number of β-amino-alcohol motifs (C(OH)–C–C–N with tert-alkyl or cyclic N) is 2. The molecule has 1 aromatic carbocycles. The summed E-state index contributed by atoms with van der Waals surface area (Å²) in [5, 5.41) is 22.2. The van der Waals surface area contributed by atoms with E-state index < -0.39 is 12.2 Å². The molecule has 3 rings (SSSR count). The number of fused-ring (bicyclic) bond motifs is 1. The number of hydrogen-bond acceptors (Lipinski definition) is 4. The predicted molar refractivity (Wildman–Crippen MR) is 64.9 cm³/mol. The van der Waals surface area contributed by atoms with E-state index in [1.54, 1.807) is 0 Å². The number of benzene rings is 1. The zero-order valence-electron chi connectivity index (χ0n) is 9.97. The van der Waals surface area contributed by atoms with Crippen molar-refractivity contribution in [1.82, 2.24) is 10.2 Å². The van der Waals surface area contributed by atoms with Crippen molar-refractivity contribution in [2.75, 3.05) is 13.1 Å². The number of aliphatic hydroxyl groups excluding tert-OH is 2. The lowest BCUT2D eigenvalue weighted by atomic mass is 10.1. The molecule has 2 heterocycles. The summed E-state index contributed by atoms with van der Waals surface area (Å²) in [5.41, 5.74) is 3.01. The number of nitrogens with one attached hydrogen (secondary N) is 1. The highest BCUT2D eigenvalue weighted by Gasteiger charge is 2.33. The molecule has 2 aliphatic rings. The third-order valence-corrected chi connectivity index (χ3v) is 3.63. The summed E-state index contributed by atoms with van der Waals surface area (Å²) < 4.78 is 0. The Morgan fingerprint density at radius 1 is 1.17 bits per heavy atom. The van der Waals surface area contributed by atoms with Crippen LogP contribution in [0.3, 0.4) is 0 Å². The average molecular weight is 248 g/mol. The Morgan fingerprint density at radius 2 is 1.83 bits per heavy atom. The zero-order valence-corrected chi connectivity index (χ0v) is 9.97. The fourth-order valence-corrected chi connectivity index (χ4v) is 2.55. The first kappa shape index (κ1) is 11.6. The van der Waals surface area contributed by atoms with Crippen molar-refractivity contribution in [2.24, 2.45) is 0 Å². The molecule has 18 heavy (non-hydrogen) atoms. The monoisotopic (exact) mass is 248 g/mol. The third-order valence-electron chi connectivity index (χ3n) is 3.63. The van der Waals surface area contributed by atoms with Crippen LogP contribution in [0.15, 0.2) is 18.2 Å². The standard InChI is InChI=1S/C13H16N2O3/c16-11-6-15(7-12(11)17)13(18)8-1-2-9-4-14-5-10(9)3-8/h1-3,11-12,14,16-17H,4-7H2/t11-,12+. The van der Waals surface area contributed by atoms with Crippen molar-refractivity contribution in [1.29, 1.82) is 0 Å². The molecule has 5 nitrogen and oxygen atoms in total. The molecule has 1 amide bonds. The van der Waals surface area contributed by atoms with Crippen LogP contribution in [0, 0.1) is 0 Å². The van der Waals surface area contributed by atoms with E-state index in [-0.39, 0.29) is 19.0 Å². The second kappa shape index (κ2) is 4.35. The second-order valence-electron chi connectivity index (χ2n) is 4.93. The lowest BCUT2D eigenvalue weighted by molar-refractivity contribution is 0.0572. The molecular formula is C13H16N2O3. The predicted octanol–water partition coefficient (Wildman–Crippen LogP) is -0.533. The van der Waals surface area contributed by atoms with Gasteiger partial charge in [-0.2, -0.15) is 0 Å². The smallest absolute Gasteiger partial charge is 0.254 e. The van der Waals surface area contributed by atoms with Gasteiger partial charge in [-0.3, -0.25) is 4.79 Å². The van der Waals surface area contributed by atoms with Crippen LogP contribution in [0.5, 0.6) is 0 Å². The van der Waals surface area contributed by atoms with Gasteiger partial charge in [0.1, 0.15) is 0 Å². The molecule has 0 radical (unpaired) electrons. The molecule has 0 saturated carbocycles. The highest BCUT2D eigenvalue weighted by Crippen LogP contribution is 2.20. The van der Waals surface area contributed by atoms with Gasteiger partial charge >= 0.3 is 0 Å². The highest BCUT2D eigenvalue weighted by molar-refractivity contribution is 5.94. The van der Waals surface area contributed by atoms with Crippen LogP contribution in [0.2, 0.25) is 0 Å². The van der Waals surface area contributed by atoms with E-state index in [1.165, 1.54) is 10.5 Å². The molecule has 0 bridgehead atoms. The Labute approximate surface area is 105 Å². The SMILES string of the molecule is O=C(c1ccc2c(c1)CNC2)N1C[C@@H](O)[C@@H](O)C1. The molecule has 5 heteroatoms. The Balaban J connectivity index is 1.81. The minimum absolute atomic E-state index is 0.125. The summed E-state index contributed by atoms with van der Waals surface area (Å²) in [6.45, 7) is 2.05. The molecule has 3 N–H and O–H groups in total. The first-order chi connectivity index (χ1) is 8.65. The second-order valence-corrected chi connectivity index (χ2v) is 4.93. The highest BCUT2D eigenvalue weighted by atomic mass is 16.3. The number of carbonyl (C=O) groups excluding carboxylic acids is 1. The van der Waals surface area contributed by atoms with E-state index in [0.29, 0.717) is 5.56 Å². The van der Waals surface area contributed by atoms with Gasteiger partial charge in [0.2, 0.25) is 0 Å². The quantitative estimate of drug-likeness (QED) is 0.624. The summed E-state index contributed by atoms with van der Waals surface area (Å²) in [6.07, 6.45) is -1.66. The van der Waals surface area contributed by atoms with E-state index in [1.807, 2.05) is 18.2 Å². The van der Waals surface area contributed by atoms with Crippen molar-refractivity contribution in [3.63, 3.8) is 0 Å². The van der Waals surface area contributed by atoms with Gasteiger partial charge < -0.3 is 20.4 Å². The van der Waals surface area contributed by atoms with Crippen LogP contribution in [0.1, 0.15) is 21.5 Å². The maximum absolute atomic E-state index is 12.2. The lowest BCUT2D eigenvalue weighted by Gasteiger charge is -2.15. The Bertz CT molecular complexity index is 479. The Hall–Kier alpha value is -1.43. The number of amides is 1. The van der Waals surface area contributed by atoms with E-state index in [4.69, 9.17) is 0 Å². The Morgan fingerprint density at radius 3 is 2.56 bits per heavy atom. The molecular weight excluding hydrogens is 232 g/mol. The van der Waals surface area contributed by atoms with Crippen LogP contribution in [-0.2, 0) is 13.1 Å². The van der Waals surface area contributed by atoms with Crippen LogP contribution < -0.4 is 5.32 Å². The van der Waals surface area contributed by atoms with Gasteiger partial charge in [-0.25, -0.2) is 0 Å². The number of likely N-dealkylation sites (tertiary alicyclic amines) is 1. The minimum Gasteiger partial charge on any atom is -0.388 e. The number of nitrogens with zero attached hydrogens (tertiary/aromatic N) is 1. The van der Waals surface area contributed by atoms with Gasteiger partial charge in [0.05, 0.1) is 12.2 Å². The van der Waals surface area contributed by atoms with Crippen LogP contribution in [0.25, 0.3) is 0 Å². The molecule has 1 saturated heterocycles. The molecule has 1 aromatic rings. The van der Waals surface area contributed by atoms with E-state index >= 15 is 0 Å². The third kappa shape index (κ3) is 1.90. The van der Waals surface area contributed by atoms with Crippen LogP contribution >= 0.6 is 0 Å². The molecule has 0 spiro atoms. The number of hydrogen-bond donors (Lipinski definition) is 3. The fourth-order valence-electron chi connectivity index (χ4n) is 2.55. The van der Waals surface area contributed by atoms with Crippen molar-refractivity contribution < 1.29 is 15.0 Å². The van der Waals surface area contributed by atoms with Gasteiger partial charge in [0, 0.05) is 31.7 Å². The van der Waals surface area contributed by atoms with Crippen molar-refractivity contribution in [3.05, 3.63) is 34.9 Å². The summed E-state index contributed by atoms with van der Waals surface area (Å²) in [5.74, 6) is -0.125. The van der Waals surface area contributed by atoms with Crippen molar-refractivity contribution >= 4 is 5.91 Å². The van der Waals surface area contributed by atoms with Crippen molar-refractivity contribution in [2.45, 2.75) is 25.3 Å². The van der Waals surface area contributed by atoms with Gasteiger partial charge in [-0.05, 0) is 23.3 Å². The molecule has 2 aliphatic heterocycles. The first-order valence-electron chi connectivity index (χ1n) is 6.13. The lowest BCUT2D eigenvalue weighted by Crippen LogP contribution is -2.29. The van der Waals surface area contributed by atoms with E-state index in [0.717, 1.165) is 18.7 Å². The topological polar surface area (TPSA) is 72.8 Å². The molecule has 0 unspecified atom stereocenters. The van der Waals surface area contributed by atoms with Gasteiger partial charge in [0.15, 0.2) is 0 Å². The molecule has 0 aliphatic carbocycles.